The van der Waals surface area contributed by atoms with Crippen LogP contribution in [-0.2, 0) is 14.2 Å². The summed E-state index contributed by atoms with van der Waals surface area (Å²) < 4.78 is 18.0. The Morgan fingerprint density at radius 2 is 2.00 bits per heavy atom. The van der Waals surface area contributed by atoms with Crippen LogP contribution in [0.2, 0.25) is 0 Å². The summed E-state index contributed by atoms with van der Waals surface area (Å²) in [7, 11) is 0. The highest BCUT2D eigenvalue weighted by Crippen LogP contribution is 2.41. The zero-order valence-electron chi connectivity index (χ0n) is 12.1. The Balaban J connectivity index is 2.07. The van der Waals surface area contributed by atoms with Crippen molar-refractivity contribution in [2.45, 2.75) is 69.9 Å². The van der Waals surface area contributed by atoms with Gasteiger partial charge < -0.3 is 19.9 Å². The summed E-state index contributed by atoms with van der Waals surface area (Å²) in [5, 5.41) is 0. The van der Waals surface area contributed by atoms with E-state index >= 15 is 0 Å². The van der Waals surface area contributed by atoms with E-state index in [1.54, 1.807) is 0 Å². The Morgan fingerprint density at radius 1 is 1.28 bits per heavy atom. The van der Waals surface area contributed by atoms with Crippen LogP contribution in [0.15, 0.2) is 0 Å². The van der Waals surface area contributed by atoms with E-state index in [1.165, 1.54) is 0 Å². The van der Waals surface area contributed by atoms with Gasteiger partial charge in [0.1, 0.15) is 5.60 Å². The molecular formula is C14H27NO3. The van der Waals surface area contributed by atoms with Crippen LogP contribution in [0.5, 0.6) is 0 Å². The van der Waals surface area contributed by atoms with Crippen LogP contribution in [0.1, 0.15) is 47.0 Å². The van der Waals surface area contributed by atoms with Crippen molar-refractivity contribution in [3.05, 3.63) is 0 Å². The zero-order valence-corrected chi connectivity index (χ0v) is 12.1. The molecule has 2 unspecified atom stereocenters. The van der Waals surface area contributed by atoms with Crippen molar-refractivity contribution < 1.29 is 14.2 Å². The number of hydrogen-bond acceptors (Lipinski definition) is 4. The zero-order chi connectivity index (χ0) is 13.4. The first-order valence-corrected chi connectivity index (χ1v) is 6.94. The molecule has 2 saturated heterocycles. The highest BCUT2D eigenvalue weighted by molar-refractivity contribution is 4.98. The van der Waals surface area contributed by atoms with E-state index in [0.29, 0.717) is 13.2 Å². The standard InChI is InChI=1S/C14H27NO3/c1-12(2)8-11(13(3,4)18-12)17-14(9-15)6-5-7-16-10-14/h11H,5-10,15H2,1-4H3. The first-order valence-electron chi connectivity index (χ1n) is 6.94. The van der Waals surface area contributed by atoms with E-state index in [2.05, 4.69) is 27.7 Å². The Kier molecular flexibility index (Phi) is 3.76. The highest BCUT2D eigenvalue weighted by Gasteiger charge is 2.50. The van der Waals surface area contributed by atoms with Crippen molar-refractivity contribution in [3.8, 4) is 0 Å². The van der Waals surface area contributed by atoms with Gasteiger partial charge in [-0.15, -0.1) is 0 Å². The van der Waals surface area contributed by atoms with Gasteiger partial charge in [0.15, 0.2) is 0 Å². The minimum atomic E-state index is -0.316. The molecule has 18 heavy (non-hydrogen) atoms. The fourth-order valence-electron chi connectivity index (χ4n) is 3.13. The molecule has 0 amide bonds. The lowest BCUT2D eigenvalue weighted by atomic mass is 9.92. The third-order valence-corrected chi connectivity index (χ3v) is 4.04. The van der Waals surface area contributed by atoms with Crippen LogP contribution < -0.4 is 5.73 Å². The Labute approximate surface area is 110 Å². The average Bonchev–Trinajstić information content (AvgIpc) is 2.48. The third-order valence-electron chi connectivity index (χ3n) is 4.04. The second-order valence-electron chi connectivity index (χ2n) is 6.82. The molecule has 4 heteroatoms. The van der Waals surface area contributed by atoms with Crippen LogP contribution >= 0.6 is 0 Å². The van der Waals surface area contributed by atoms with Crippen molar-refractivity contribution in [1.82, 2.24) is 0 Å². The predicted molar refractivity (Wildman–Crippen MR) is 70.6 cm³/mol. The monoisotopic (exact) mass is 257 g/mol. The second kappa shape index (κ2) is 4.75. The molecule has 0 aliphatic carbocycles. The molecule has 4 nitrogen and oxygen atoms in total. The lowest BCUT2D eigenvalue weighted by molar-refractivity contribution is -0.184. The molecule has 106 valence electrons. The summed E-state index contributed by atoms with van der Waals surface area (Å²) in [6.07, 6.45) is 2.99. The molecule has 2 heterocycles. The normalized spacial score (nSPS) is 38.8. The van der Waals surface area contributed by atoms with Crippen molar-refractivity contribution in [1.29, 1.82) is 0 Å². The SMILES string of the molecule is CC1(C)CC(OC2(CN)CCCOC2)C(C)(C)O1. The smallest absolute Gasteiger partial charge is 0.104 e. The average molecular weight is 257 g/mol. The van der Waals surface area contributed by atoms with Gasteiger partial charge >= 0.3 is 0 Å². The Morgan fingerprint density at radius 3 is 2.44 bits per heavy atom. The van der Waals surface area contributed by atoms with E-state index in [4.69, 9.17) is 19.9 Å². The molecule has 0 radical (unpaired) electrons. The van der Waals surface area contributed by atoms with Gasteiger partial charge in [0, 0.05) is 19.6 Å². The highest BCUT2D eigenvalue weighted by atomic mass is 16.6. The van der Waals surface area contributed by atoms with Gasteiger partial charge in [-0.25, -0.2) is 0 Å². The molecule has 2 N–H and O–H groups in total. The molecule has 2 atom stereocenters. The molecule has 0 spiro atoms. The van der Waals surface area contributed by atoms with E-state index in [9.17, 15) is 0 Å². The summed E-state index contributed by atoms with van der Waals surface area (Å²) in [6, 6.07) is 0. The molecule has 0 saturated carbocycles. The second-order valence-corrected chi connectivity index (χ2v) is 6.82. The van der Waals surface area contributed by atoms with Gasteiger partial charge in [0.2, 0.25) is 0 Å². The fraction of sp³-hybridized carbons (Fsp3) is 1.00. The summed E-state index contributed by atoms with van der Waals surface area (Å²) in [5.74, 6) is 0. The number of hydrogen-bond donors (Lipinski definition) is 1. The van der Waals surface area contributed by atoms with Crippen molar-refractivity contribution in [2.75, 3.05) is 19.8 Å². The number of rotatable bonds is 3. The molecule has 0 aromatic carbocycles. The molecule has 2 rings (SSSR count). The quantitative estimate of drug-likeness (QED) is 0.838. The minimum absolute atomic E-state index is 0.0812. The first kappa shape index (κ1) is 14.3. The van der Waals surface area contributed by atoms with Gasteiger partial charge in [-0.05, 0) is 40.5 Å². The van der Waals surface area contributed by atoms with Crippen LogP contribution in [-0.4, -0.2) is 42.7 Å². The summed E-state index contributed by atoms with van der Waals surface area (Å²) >= 11 is 0. The molecule has 0 bridgehead atoms. The maximum Gasteiger partial charge on any atom is 0.104 e. The Bertz CT molecular complexity index is 295. The first-order chi connectivity index (χ1) is 8.29. The molecule has 0 aromatic heterocycles. The Hall–Kier alpha value is -0.160. The van der Waals surface area contributed by atoms with Crippen LogP contribution in [0.4, 0.5) is 0 Å². The van der Waals surface area contributed by atoms with Gasteiger partial charge in [-0.1, -0.05) is 0 Å². The van der Waals surface area contributed by atoms with Gasteiger partial charge in [-0.2, -0.15) is 0 Å². The largest absolute Gasteiger partial charge is 0.378 e. The summed E-state index contributed by atoms with van der Waals surface area (Å²) in [5.41, 5.74) is 5.22. The minimum Gasteiger partial charge on any atom is -0.378 e. The van der Waals surface area contributed by atoms with E-state index in [0.717, 1.165) is 25.9 Å². The van der Waals surface area contributed by atoms with E-state index in [-0.39, 0.29) is 22.9 Å². The summed E-state index contributed by atoms with van der Waals surface area (Å²) in [4.78, 5) is 0. The maximum atomic E-state index is 6.36. The van der Waals surface area contributed by atoms with Crippen molar-refractivity contribution in [2.24, 2.45) is 5.73 Å². The molecule has 2 fully saturated rings. The van der Waals surface area contributed by atoms with E-state index < -0.39 is 0 Å². The topological polar surface area (TPSA) is 53.7 Å². The van der Waals surface area contributed by atoms with Crippen molar-refractivity contribution in [3.63, 3.8) is 0 Å². The summed E-state index contributed by atoms with van der Waals surface area (Å²) in [6.45, 7) is 10.4. The van der Waals surface area contributed by atoms with Crippen molar-refractivity contribution >= 4 is 0 Å². The predicted octanol–water partition coefficient (Wildman–Crippen LogP) is 1.86. The maximum absolute atomic E-state index is 6.36. The molecular weight excluding hydrogens is 230 g/mol. The number of ether oxygens (including phenoxy) is 3. The van der Waals surface area contributed by atoms with Crippen LogP contribution in [0.3, 0.4) is 0 Å². The third kappa shape index (κ3) is 2.87. The van der Waals surface area contributed by atoms with E-state index in [1.807, 2.05) is 0 Å². The molecule has 0 aromatic rings. The lowest BCUT2D eigenvalue weighted by Crippen LogP contribution is -2.52. The number of nitrogens with two attached hydrogens (primary N) is 1. The van der Waals surface area contributed by atoms with Gasteiger partial charge in [0.25, 0.3) is 0 Å². The van der Waals surface area contributed by atoms with Gasteiger partial charge in [-0.3, -0.25) is 0 Å². The fourth-order valence-corrected chi connectivity index (χ4v) is 3.13. The molecule has 2 aliphatic heterocycles. The lowest BCUT2D eigenvalue weighted by Gasteiger charge is -2.40. The molecule has 2 aliphatic rings. The van der Waals surface area contributed by atoms with Gasteiger partial charge in [0.05, 0.1) is 23.9 Å². The van der Waals surface area contributed by atoms with Crippen LogP contribution in [0, 0.1) is 0 Å². The van der Waals surface area contributed by atoms with Crippen LogP contribution in [0.25, 0.3) is 0 Å².